The Bertz CT molecular complexity index is 87.0. The van der Waals surface area contributed by atoms with E-state index >= 15 is 0 Å². The van der Waals surface area contributed by atoms with Gasteiger partial charge in [0.1, 0.15) is 0 Å². The van der Waals surface area contributed by atoms with Crippen LogP contribution in [0.5, 0.6) is 0 Å². The number of amides is 1. The van der Waals surface area contributed by atoms with Crippen molar-refractivity contribution in [2.24, 2.45) is 0 Å². The summed E-state index contributed by atoms with van der Waals surface area (Å²) in [7, 11) is 3.37. The second-order valence-corrected chi connectivity index (χ2v) is 1.62. The van der Waals surface area contributed by atoms with Crippen LogP contribution in [0.3, 0.4) is 0 Å². The van der Waals surface area contributed by atoms with Crippen molar-refractivity contribution >= 4 is 18.3 Å². The molecule has 0 saturated heterocycles. The molecule has 1 atom stereocenters. The highest BCUT2D eigenvalue weighted by Gasteiger charge is 2.04. The van der Waals surface area contributed by atoms with Gasteiger partial charge in [-0.15, -0.1) is 12.4 Å². The zero-order valence-electron chi connectivity index (χ0n) is 5.89. The molecule has 0 saturated carbocycles. The Balaban J connectivity index is 0. The third-order valence-corrected chi connectivity index (χ3v) is 1.07. The van der Waals surface area contributed by atoms with Crippen molar-refractivity contribution in [3.05, 3.63) is 0 Å². The second kappa shape index (κ2) is 5.85. The van der Waals surface area contributed by atoms with E-state index in [1.54, 1.807) is 21.0 Å². The molecule has 0 heterocycles. The first-order chi connectivity index (χ1) is 3.72. The van der Waals surface area contributed by atoms with Gasteiger partial charge in [0.05, 0.1) is 6.04 Å². The molecule has 9 heavy (non-hydrogen) atoms. The molecule has 0 aromatic heterocycles. The summed E-state index contributed by atoms with van der Waals surface area (Å²) in [5.74, 6) is 0.0208. The third kappa shape index (κ3) is 4.24. The molecular formula is C5H13ClN2O. The van der Waals surface area contributed by atoms with E-state index in [2.05, 4.69) is 10.6 Å². The van der Waals surface area contributed by atoms with E-state index in [-0.39, 0.29) is 24.4 Å². The Labute approximate surface area is 61.6 Å². The Morgan fingerprint density at radius 1 is 1.44 bits per heavy atom. The fourth-order valence-corrected chi connectivity index (χ4v) is 0.348. The molecule has 2 N–H and O–H groups in total. The van der Waals surface area contributed by atoms with Crippen LogP contribution in [-0.2, 0) is 4.79 Å². The highest BCUT2D eigenvalue weighted by Crippen LogP contribution is 1.75. The van der Waals surface area contributed by atoms with Crippen molar-refractivity contribution in [1.29, 1.82) is 0 Å². The van der Waals surface area contributed by atoms with Gasteiger partial charge in [0.25, 0.3) is 0 Å². The highest BCUT2D eigenvalue weighted by molar-refractivity contribution is 5.85. The summed E-state index contributed by atoms with van der Waals surface area (Å²) in [6.07, 6.45) is 0. The molecule has 4 heteroatoms. The van der Waals surface area contributed by atoms with Crippen molar-refractivity contribution in [3.8, 4) is 0 Å². The van der Waals surface area contributed by atoms with Crippen LogP contribution in [0.15, 0.2) is 0 Å². The number of rotatable bonds is 2. The smallest absolute Gasteiger partial charge is 0.236 e. The molecule has 0 aromatic rings. The Hall–Kier alpha value is -0.280. The van der Waals surface area contributed by atoms with E-state index in [4.69, 9.17) is 0 Å². The van der Waals surface area contributed by atoms with Crippen molar-refractivity contribution in [2.75, 3.05) is 14.1 Å². The fourth-order valence-electron chi connectivity index (χ4n) is 0.348. The predicted molar refractivity (Wildman–Crippen MR) is 39.8 cm³/mol. The van der Waals surface area contributed by atoms with E-state index in [0.29, 0.717) is 0 Å². The van der Waals surface area contributed by atoms with Crippen LogP contribution in [-0.4, -0.2) is 26.0 Å². The fraction of sp³-hybridized carbons (Fsp3) is 0.800. The van der Waals surface area contributed by atoms with E-state index < -0.39 is 0 Å². The zero-order valence-corrected chi connectivity index (χ0v) is 6.71. The van der Waals surface area contributed by atoms with Crippen LogP contribution in [0.25, 0.3) is 0 Å². The zero-order chi connectivity index (χ0) is 6.57. The van der Waals surface area contributed by atoms with Gasteiger partial charge in [-0.1, -0.05) is 0 Å². The minimum absolute atomic E-state index is 0. The van der Waals surface area contributed by atoms with Gasteiger partial charge in [-0.3, -0.25) is 4.79 Å². The van der Waals surface area contributed by atoms with Crippen molar-refractivity contribution < 1.29 is 4.79 Å². The number of nitrogens with one attached hydrogen (secondary N) is 2. The highest BCUT2D eigenvalue weighted by atomic mass is 35.5. The molecule has 0 aliphatic heterocycles. The number of halogens is 1. The Morgan fingerprint density at radius 2 is 1.89 bits per heavy atom. The maximum absolute atomic E-state index is 10.6. The SMILES string of the molecule is CNC(=O)C(C)NC.Cl. The molecule has 56 valence electrons. The summed E-state index contributed by atoms with van der Waals surface area (Å²) in [6, 6.07) is -0.0833. The summed E-state index contributed by atoms with van der Waals surface area (Å²) in [6.45, 7) is 1.80. The average Bonchev–Trinajstić information content (AvgIpc) is 1.84. The van der Waals surface area contributed by atoms with Crippen LogP contribution in [0.2, 0.25) is 0 Å². The van der Waals surface area contributed by atoms with Gasteiger partial charge < -0.3 is 10.6 Å². The first-order valence-corrected chi connectivity index (χ1v) is 2.61. The lowest BCUT2D eigenvalue weighted by molar-refractivity contribution is -0.122. The molecule has 0 aromatic carbocycles. The quantitative estimate of drug-likeness (QED) is 0.574. The van der Waals surface area contributed by atoms with E-state index in [1.165, 1.54) is 0 Å². The van der Waals surface area contributed by atoms with Crippen LogP contribution >= 0.6 is 12.4 Å². The maximum Gasteiger partial charge on any atom is 0.236 e. The summed E-state index contributed by atoms with van der Waals surface area (Å²) in [5.41, 5.74) is 0. The van der Waals surface area contributed by atoms with Crippen LogP contribution in [0, 0.1) is 0 Å². The van der Waals surface area contributed by atoms with Crippen molar-refractivity contribution in [1.82, 2.24) is 10.6 Å². The molecule has 0 aliphatic carbocycles. The minimum Gasteiger partial charge on any atom is -0.358 e. The van der Waals surface area contributed by atoms with Crippen LogP contribution < -0.4 is 10.6 Å². The maximum atomic E-state index is 10.6. The molecule has 1 unspecified atom stereocenters. The summed E-state index contributed by atoms with van der Waals surface area (Å²) in [4.78, 5) is 10.6. The standard InChI is InChI=1S/C5H12N2O.ClH/c1-4(6-2)5(8)7-3;/h4,6H,1-3H3,(H,7,8);1H. The third-order valence-electron chi connectivity index (χ3n) is 1.07. The van der Waals surface area contributed by atoms with Gasteiger partial charge in [-0.2, -0.15) is 0 Å². The van der Waals surface area contributed by atoms with Crippen LogP contribution in [0.4, 0.5) is 0 Å². The molecule has 0 fully saturated rings. The summed E-state index contributed by atoms with van der Waals surface area (Å²) in [5, 5.41) is 5.32. The summed E-state index contributed by atoms with van der Waals surface area (Å²) >= 11 is 0. The van der Waals surface area contributed by atoms with E-state index in [1.807, 2.05) is 0 Å². The molecule has 3 nitrogen and oxygen atoms in total. The van der Waals surface area contributed by atoms with Gasteiger partial charge in [-0.25, -0.2) is 0 Å². The first-order valence-electron chi connectivity index (χ1n) is 2.61. The van der Waals surface area contributed by atoms with E-state index in [9.17, 15) is 4.79 Å². The molecule has 0 bridgehead atoms. The lowest BCUT2D eigenvalue weighted by atomic mass is 10.3. The molecule has 0 spiro atoms. The Morgan fingerprint density at radius 3 is 2.00 bits per heavy atom. The molecular weight excluding hydrogens is 140 g/mol. The molecule has 0 radical (unpaired) electrons. The van der Waals surface area contributed by atoms with Crippen LogP contribution in [0.1, 0.15) is 6.92 Å². The van der Waals surface area contributed by atoms with Crippen molar-refractivity contribution in [3.63, 3.8) is 0 Å². The average molecular weight is 153 g/mol. The topological polar surface area (TPSA) is 41.1 Å². The minimum atomic E-state index is -0.0833. The first kappa shape index (κ1) is 11.5. The number of likely N-dealkylation sites (N-methyl/N-ethyl adjacent to an activating group) is 2. The van der Waals surface area contributed by atoms with Gasteiger partial charge in [0, 0.05) is 7.05 Å². The molecule has 1 amide bonds. The van der Waals surface area contributed by atoms with Crippen molar-refractivity contribution in [2.45, 2.75) is 13.0 Å². The van der Waals surface area contributed by atoms with Gasteiger partial charge in [0.2, 0.25) is 5.91 Å². The summed E-state index contributed by atoms with van der Waals surface area (Å²) < 4.78 is 0. The van der Waals surface area contributed by atoms with Gasteiger partial charge >= 0.3 is 0 Å². The number of carbonyl (C=O) groups is 1. The largest absolute Gasteiger partial charge is 0.358 e. The van der Waals surface area contributed by atoms with E-state index in [0.717, 1.165) is 0 Å². The monoisotopic (exact) mass is 152 g/mol. The normalized spacial score (nSPS) is 11.4. The number of hydrogen-bond acceptors (Lipinski definition) is 2. The number of carbonyl (C=O) groups excluding carboxylic acids is 1. The lowest BCUT2D eigenvalue weighted by Gasteiger charge is -2.05. The molecule has 0 aliphatic rings. The number of hydrogen-bond donors (Lipinski definition) is 2. The molecule has 0 rings (SSSR count). The van der Waals surface area contributed by atoms with Gasteiger partial charge in [-0.05, 0) is 14.0 Å². The van der Waals surface area contributed by atoms with Gasteiger partial charge in [0.15, 0.2) is 0 Å². The second-order valence-electron chi connectivity index (χ2n) is 1.62. The predicted octanol–water partition coefficient (Wildman–Crippen LogP) is -0.238. The lowest BCUT2D eigenvalue weighted by Crippen LogP contribution is -2.38. The Kier molecular flexibility index (Phi) is 7.48.